The van der Waals surface area contributed by atoms with Crippen LogP contribution in [0.4, 0.5) is 5.82 Å². The lowest BCUT2D eigenvalue weighted by Gasteiger charge is -2.21. The molecule has 3 heterocycles. The van der Waals surface area contributed by atoms with Crippen molar-refractivity contribution in [2.75, 3.05) is 11.9 Å². The number of anilines is 1. The Hall–Kier alpha value is -2.19. The van der Waals surface area contributed by atoms with Gasteiger partial charge in [0, 0.05) is 18.8 Å². The van der Waals surface area contributed by atoms with Crippen molar-refractivity contribution in [3.8, 4) is 0 Å². The predicted octanol–water partition coefficient (Wildman–Crippen LogP) is 3.97. The van der Waals surface area contributed by atoms with Crippen LogP contribution in [-0.4, -0.2) is 37.1 Å². The van der Waals surface area contributed by atoms with E-state index < -0.39 is 0 Å². The van der Waals surface area contributed by atoms with Crippen LogP contribution in [0.2, 0.25) is 0 Å². The summed E-state index contributed by atoms with van der Waals surface area (Å²) in [6.07, 6.45) is 8.50. The number of hydrogen-bond donors (Lipinski definition) is 1. The van der Waals surface area contributed by atoms with Crippen molar-refractivity contribution < 1.29 is 4.79 Å². The monoisotopic (exact) mass is 428 g/mol. The van der Waals surface area contributed by atoms with E-state index in [9.17, 15) is 9.59 Å². The van der Waals surface area contributed by atoms with Crippen molar-refractivity contribution >= 4 is 51.7 Å². The fraction of sp³-hybridized carbons (Fsp3) is 0.429. The number of hydrogen-bond acceptors (Lipinski definition) is 6. The van der Waals surface area contributed by atoms with Crippen molar-refractivity contribution in [3.63, 3.8) is 0 Å². The number of aromatic nitrogens is 2. The van der Waals surface area contributed by atoms with Gasteiger partial charge in [0.15, 0.2) is 0 Å². The minimum Gasteiger partial charge on any atom is -0.369 e. The molecule has 0 bridgehead atoms. The van der Waals surface area contributed by atoms with Crippen LogP contribution in [0.5, 0.6) is 0 Å². The number of thiocarbonyl (C=S) groups is 1. The van der Waals surface area contributed by atoms with Crippen LogP contribution in [-0.2, 0) is 4.79 Å². The van der Waals surface area contributed by atoms with Gasteiger partial charge in [-0.25, -0.2) is 4.98 Å². The van der Waals surface area contributed by atoms with Gasteiger partial charge in [-0.15, -0.1) is 0 Å². The van der Waals surface area contributed by atoms with Crippen LogP contribution >= 0.6 is 24.0 Å². The summed E-state index contributed by atoms with van der Waals surface area (Å²) in [5.74, 6) is 0.416. The van der Waals surface area contributed by atoms with Crippen LogP contribution in [0.3, 0.4) is 0 Å². The Morgan fingerprint density at radius 1 is 1.34 bits per heavy atom. The Kier molecular flexibility index (Phi) is 5.74. The number of carbonyl (C=O) groups is 1. The molecule has 2 aliphatic rings. The van der Waals surface area contributed by atoms with Gasteiger partial charge in [0.25, 0.3) is 11.5 Å². The Morgan fingerprint density at radius 3 is 2.83 bits per heavy atom. The number of carbonyl (C=O) groups excluding carboxylic acids is 1. The molecule has 0 aromatic carbocycles. The van der Waals surface area contributed by atoms with Gasteiger partial charge in [0.1, 0.15) is 15.8 Å². The molecule has 6 nitrogen and oxygen atoms in total. The van der Waals surface area contributed by atoms with Gasteiger partial charge in [-0.1, -0.05) is 49.8 Å². The average Bonchev–Trinajstić information content (AvgIpc) is 3.31. The minimum absolute atomic E-state index is 0.0953. The molecule has 0 atom stereocenters. The van der Waals surface area contributed by atoms with E-state index in [0.717, 1.165) is 37.7 Å². The summed E-state index contributed by atoms with van der Waals surface area (Å²) >= 11 is 6.77. The van der Waals surface area contributed by atoms with Gasteiger partial charge in [0.2, 0.25) is 0 Å². The number of pyridine rings is 1. The summed E-state index contributed by atoms with van der Waals surface area (Å²) in [5, 5.41) is 3.25. The fourth-order valence-electron chi connectivity index (χ4n) is 3.91. The van der Waals surface area contributed by atoms with Crippen LogP contribution in [0.15, 0.2) is 28.0 Å². The van der Waals surface area contributed by atoms with Crippen molar-refractivity contribution in [2.45, 2.75) is 52.0 Å². The van der Waals surface area contributed by atoms with E-state index in [1.165, 1.54) is 16.2 Å². The Labute approximate surface area is 179 Å². The molecule has 1 aliphatic carbocycles. The van der Waals surface area contributed by atoms with E-state index in [1.807, 2.05) is 19.1 Å². The zero-order chi connectivity index (χ0) is 20.5. The van der Waals surface area contributed by atoms with Crippen LogP contribution in [0, 0.1) is 6.92 Å². The molecule has 2 aromatic rings. The number of aryl methyl sites for hydroxylation is 1. The van der Waals surface area contributed by atoms with Gasteiger partial charge in [-0.2, -0.15) is 0 Å². The number of rotatable bonds is 5. The summed E-state index contributed by atoms with van der Waals surface area (Å²) in [7, 11) is 0. The SMILES string of the molecule is CCCNc1nc2c(C)cccn2c(=O)c1C=C1SC(=S)N(C2CCCC2)C1=O. The molecule has 1 N–H and O–H groups in total. The van der Waals surface area contributed by atoms with E-state index in [-0.39, 0.29) is 17.5 Å². The Balaban J connectivity index is 1.80. The number of thioether (sulfide) groups is 1. The lowest BCUT2D eigenvalue weighted by Crippen LogP contribution is -2.36. The topological polar surface area (TPSA) is 66.7 Å². The van der Waals surface area contributed by atoms with Crippen molar-refractivity contribution in [3.05, 3.63) is 44.7 Å². The summed E-state index contributed by atoms with van der Waals surface area (Å²) < 4.78 is 2.12. The Morgan fingerprint density at radius 2 is 2.10 bits per heavy atom. The van der Waals surface area contributed by atoms with E-state index in [2.05, 4.69) is 12.2 Å². The number of amides is 1. The zero-order valence-electron chi connectivity index (χ0n) is 16.6. The summed E-state index contributed by atoms with van der Waals surface area (Å²) in [6, 6.07) is 3.94. The second-order valence-corrected chi connectivity index (χ2v) is 9.16. The maximum Gasteiger partial charge on any atom is 0.267 e. The lowest BCUT2D eigenvalue weighted by molar-refractivity contribution is -0.123. The standard InChI is InChI=1S/C21H24N4O2S2/c1-3-10-22-17-15(19(26)24-11-6-7-13(2)18(24)23-17)12-16-20(27)25(21(28)29-16)14-8-4-5-9-14/h6-7,11-12,14,22H,3-5,8-10H2,1-2H3. The van der Waals surface area contributed by atoms with E-state index >= 15 is 0 Å². The molecular weight excluding hydrogens is 404 g/mol. The Bertz CT molecular complexity index is 1070. The highest BCUT2D eigenvalue weighted by Gasteiger charge is 2.38. The molecule has 0 unspecified atom stereocenters. The van der Waals surface area contributed by atoms with E-state index in [0.29, 0.717) is 32.8 Å². The third-order valence-electron chi connectivity index (χ3n) is 5.42. The smallest absolute Gasteiger partial charge is 0.267 e. The van der Waals surface area contributed by atoms with Gasteiger partial charge < -0.3 is 5.32 Å². The molecule has 0 spiro atoms. The summed E-state index contributed by atoms with van der Waals surface area (Å²) in [5.41, 5.74) is 1.74. The van der Waals surface area contributed by atoms with Crippen molar-refractivity contribution in [1.82, 2.24) is 14.3 Å². The number of fused-ring (bicyclic) bond motifs is 1. The third kappa shape index (κ3) is 3.71. The van der Waals surface area contributed by atoms with Crippen LogP contribution < -0.4 is 10.9 Å². The summed E-state index contributed by atoms with van der Waals surface area (Å²) in [6.45, 7) is 4.68. The molecule has 0 radical (unpaired) electrons. The number of nitrogens with one attached hydrogen (secondary N) is 1. The normalized spacial score (nSPS) is 19.1. The first kappa shape index (κ1) is 20.1. The van der Waals surface area contributed by atoms with E-state index in [4.69, 9.17) is 17.2 Å². The van der Waals surface area contributed by atoms with Crippen LogP contribution in [0.1, 0.15) is 50.2 Å². The first-order valence-corrected chi connectivity index (χ1v) is 11.3. The van der Waals surface area contributed by atoms with E-state index in [1.54, 1.807) is 17.2 Å². The van der Waals surface area contributed by atoms with Crippen molar-refractivity contribution in [2.24, 2.45) is 0 Å². The first-order valence-electron chi connectivity index (χ1n) is 10.0. The minimum atomic E-state index is -0.191. The highest BCUT2D eigenvalue weighted by atomic mass is 32.2. The molecule has 4 rings (SSSR count). The van der Waals surface area contributed by atoms with Gasteiger partial charge >= 0.3 is 0 Å². The molecule has 1 amide bonds. The highest BCUT2D eigenvalue weighted by molar-refractivity contribution is 8.26. The predicted molar refractivity (Wildman–Crippen MR) is 122 cm³/mol. The van der Waals surface area contributed by atoms with Gasteiger partial charge in [-0.3, -0.25) is 18.9 Å². The molecule has 1 aliphatic heterocycles. The summed E-state index contributed by atoms with van der Waals surface area (Å²) in [4.78, 5) is 33.2. The lowest BCUT2D eigenvalue weighted by atomic mass is 10.2. The fourth-order valence-corrected chi connectivity index (χ4v) is 5.29. The van der Waals surface area contributed by atoms with Crippen molar-refractivity contribution in [1.29, 1.82) is 0 Å². The third-order valence-corrected chi connectivity index (χ3v) is 6.75. The number of nitrogens with zero attached hydrogens (tertiary/aromatic N) is 3. The second-order valence-electron chi connectivity index (χ2n) is 7.48. The molecule has 2 fully saturated rings. The molecule has 8 heteroatoms. The second kappa shape index (κ2) is 8.28. The molecule has 29 heavy (non-hydrogen) atoms. The quantitative estimate of drug-likeness (QED) is 0.574. The molecular formula is C21H24N4O2S2. The van der Waals surface area contributed by atoms with Gasteiger partial charge in [0.05, 0.1) is 10.5 Å². The molecule has 1 saturated carbocycles. The largest absolute Gasteiger partial charge is 0.369 e. The molecule has 2 aromatic heterocycles. The molecule has 1 saturated heterocycles. The molecule has 152 valence electrons. The maximum absolute atomic E-state index is 13.2. The first-order chi connectivity index (χ1) is 14.0. The highest BCUT2D eigenvalue weighted by Crippen LogP contribution is 2.38. The maximum atomic E-state index is 13.2. The average molecular weight is 429 g/mol. The van der Waals surface area contributed by atoms with Crippen LogP contribution in [0.25, 0.3) is 11.7 Å². The van der Waals surface area contributed by atoms with Gasteiger partial charge in [-0.05, 0) is 43.9 Å². The zero-order valence-corrected chi connectivity index (χ0v) is 18.2.